The lowest BCUT2D eigenvalue weighted by Crippen LogP contribution is -2.12. The Morgan fingerprint density at radius 2 is 2.06 bits per heavy atom. The molecule has 0 spiro atoms. The smallest absolute Gasteiger partial charge is 0.273 e. The molecule has 1 aromatic carbocycles. The second-order valence-corrected chi connectivity index (χ2v) is 3.30. The van der Waals surface area contributed by atoms with Crippen LogP contribution in [-0.2, 0) is 0 Å². The average Bonchev–Trinajstić information content (AvgIpc) is 2.79. The molecule has 0 atom stereocenters. The van der Waals surface area contributed by atoms with Crippen molar-refractivity contribution < 1.29 is 4.79 Å². The number of imidazole rings is 1. The Morgan fingerprint density at radius 1 is 1.31 bits per heavy atom. The number of thiol groups is 1. The molecule has 0 fully saturated rings. The highest BCUT2D eigenvalue weighted by Crippen LogP contribution is 2.08. The van der Waals surface area contributed by atoms with Crippen molar-refractivity contribution in [1.82, 2.24) is 9.97 Å². The summed E-state index contributed by atoms with van der Waals surface area (Å²) in [6.45, 7) is 0. The molecule has 0 saturated heterocycles. The Bertz CT molecular complexity index is 483. The van der Waals surface area contributed by atoms with Crippen LogP contribution in [0.2, 0.25) is 0 Å². The molecule has 1 heterocycles. The van der Waals surface area contributed by atoms with Crippen molar-refractivity contribution in [2.75, 3.05) is 10.0 Å². The van der Waals surface area contributed by atoms with E-state index in [-0.39, 0.29) is 5.91 Å². The van der Waals surface area contributed by atoms with E-state index in [1.165, 1.54) is 6.20 Å². The van der Waals surface area contributed by atoms with Crippen LogP contribution in [0.4, 0.5) is 11.6 Å². The van der Waals surface area contributed by atoms with E-state index in [0.717, 1.165) is 5.69 Å². The molecule has 0 unspecified atom stereocenters. The van der Waals surface area contributed by atoms with Crippen molar-refractivity contribution in [2.24, 2.45) is 0 Å². The molecule has 0 aliphatic heterocycles. The predicted molar refractivity (Wildman–Crippen MR) is 65.6 cm³/mol. The molecule has 0 bridgehead atoms. The predicted octanol–water partition coefficient (Wildman–Crippen LogP) is 1.92. The van der Waals surface area contributed by atoms with E-state index in [1.54, 1.807) is 0 Å². The van der Waals surface area contributed by atoms with E-state index in [1.807, 2.05) is 30.3 Å². The fourth-order valence-electron chi connectivity index (χ4n) is 1.21. The summed E-state index contributed by atoms with van der Waals surface area (Å²) in [6, 6.07) is 9.21. The first-order chi connectivity index (χ1) is 7.79. The number of carbonyl (C=O) groups is 1. The van der Waals surface area contributed by atoms with E-state index in [4.69, 9.17) is 0 Å². The van der Waals surface area contributed by atoms with Crippen LogP contribution in [-0.4, -0.2) is 15.9 Å². The molecule has 0 saturated carbocycles. The minimum absolute atomic E-state index is 0.242. The van der Waals surface area contributed by atoms with Crippen LogP contribution >= 0.6 is 12.8 Å². The van der Waals surface area contributed by atoms with Crippen molar-refractivity contribution in [3.8, 4) is 0 Å². The fourth-order valence-corrected chi connectivity index (χ4v) is 1.33. The van der Waals surface area contributed by atoms with Crippen LogP contribution in [0.5, 0.6) is 0 Å². The lowest BCUT2D eigenvalue weighted by molar-refractivity contribution is 0.102. The maximum atomic E-state index is 11.7. The number of hydrogen-bond donors (Lipinski definition) is 4. The zero-order chi connectivity index (χ0) is 11.4. The molecule has 16 heavy (non-hydrogen) atoms. The summed E-state index contributed by atoms with van der Waals surface area (Å²) in [5, 5.41) is 2.73. The lowest BCUT2D eigenvalue weighted by Gasteiger charge is -2.02. The maximum absolute atomic E-state index is 11.7. The molecule has 82 valence electrons. The van der Waals surface area contributed by atoms with Crippen LogP contribution in [0.1, 0.15) is 10.5 Å². The largest absolute Gasteiger partial charge is 0.321 e. The number of anilines is 2. The number of rotatable bonds is 3. The minimum atomic E-state index is -0.242. The summed E-state index contributed by atoms with van der Waals surface area (Å²) in [7, 11) is 0. The topological polar surface area (TPSA) is 69.8 Å². The molecule has 1 aromatic heterocycles. The summed E-state index contributed by atoms with van der Waals surface area (Å²) < 4.78 is 2.51. The number of para-hydroxylation sites is 1. The summed E-state index contributed by atoms with van der Waals surface area (Å²) in [5.41, 5.74) is 1.11. The number of aromatic nitrogens is 2. The van der Waals surface area contributed by atoms with Crippen LogP contribution in [0, 0.1) is 0 Å². The number of amides is 1. The summed E-state index contributed by atoms with van der Waals surface area (Å²) in [5.74, 6) is 0.190. The highest BCUT2D eigenvalue weighted by atomic mass is 32.1. The first kappa shape index (κ1) is 10.6. The number of benzene rings is 1. The normalized spacial score (nSPS) is 9.81. The zero-order valence-corrected chi connectivity index (χ0v) is 9.16. The first-order valence-corrected chi connectivity index (χ1v) is 5.06. The highest BCUT2D eigenvalue weighted by molar-refractivity contribution is 7.81. The van der Waals surface area contributed by atoms with Crippen LogP contribution in [0.3, 0.4) is 0 Å². The van der Waals surface area contributed by atoms with Crippen LogP contribution in [0.15, 0.2) is 36.5 Å². The monoisotopic (exact) mass is 234 g/mol. The SMILES string of the molecule is O=C(Nc1ccccc1)c1cnc(NS)[nH]1. The average molecular weight is 234 g/mol. The maximum Gasteiger partial charge on any atom is 0.273 e. The van der Waals surface area contributed by atoms with Gasteiger partial charge in [-0.15, -0.1) is 0 Å². The van der Waals surface area contributed by atoms with Gasteiger partial charge in [0.2, 0.25) is 5.95 Å². The molecule has 3 N–H and O–H groups in total. The molecule has 6 heteroatoms. The molecule has 0 radical (unpaired) electrons. The Labute approximate surface area is 97.8 Å². The van der Waals surface area contributed by atoms with Gasteiger partial charge in [-0.05, 0) is 12.1 Å². The number of carbonyl (C=O) groups excluding carboxylic acids is 1. The van der Waals surface area contributed by atoms with E-state index in [0.29, 0.717) is 11.6 Å². The summed E-state index contributed by atoms with van der Waals surface area (Å²) >= 11 is 3.82. The number of aromatic amines is 1. The lowest BCUT2D eigenvalue weighted by atomic mass is 10.3. The van der Waals surface area contributed by atoms with Gasteiger partial charge in [0.15, 0.2) is 0 Å². The molecule has 0 aliphatic carbocycles. The van der Waals surface area contributed by atoms with E-state index in [2.05, 4.69) is 32.8 Å². The standard InChI is InChI=1S/C10H10N4OS/c15-9(8-6-11-10(13-8)14-16)12-7-4-2-1-3-5-7/h1-6,16H,(H,12,15)(H2,11,13,14). The van der Waals surface area contributed by atoms with Gasteiger partial charge in [0.05, 0.1) is 6.20 Å². The molecule has 5 nitrogen and oxygen atoms in total. The Balaban J connectivity index is 2.09. The molecule has 2 rings (SSSR count). The van der Waals surface area contributed by atoms with Crippen molar-refractivity contribution in [1.29, 1.82) is 0 Å². The van der Waals surface area contributed by atoms with Gasteiger partial charge >= 0.3 is 0 Å². The molecule has 0 aliphatic rings. The van der Waals surface area contributed by atoms with Crippen molar-refractivity contribution in [3.63, 3.8) is 0 Å². The molecular weight excluding hydrogens is 224 g/mol. The second-order valence-electron chi connectivity index (χ2n) is 3.08. The summed E-state index contributed by atoms with van der Waals surface area (Å²) in [4.78, 5) is 18.4. The van der Waals surface area contributed by atoms with E-state index in [9.17, 15) is 4.79 Å². The van der Waals surface area contributed by atoms with Gasteiger partial charge in [0.25, 0.3) is 5.91 Å². The highest BCUT2D eigenvalue weighted by Gasteiger charge is 2.08. The quantitative estimate of drug-likeness (QED) is 0.613. The van der Waals surface area contributed by atoms with Gasteiger partial charge in [-0.2, -0.15) is 0 Å². The van der Waals surface area contributed by atoms with E-state index < -0.39 is 0 Å². The van der Waals surface area contributed by atoms with Crippen LogP contribution in [0.25, 0.3) is 0 Å². The third-order valence-corrected chi connectivity index (χ3v) is 2.17. The van der Waals surface area contributed by atoms with Gasteiger partial charge in [-0.3, -0.25) is 4.79 Å². The van der Waals surface area contributed by atoms with Gasteiger partial charge in [0.1, 0.15) is 5.69 Å². The third kappa shape index (κ3) is 2.34. The number of hydrogen-bond acceptors (Lipinski definition) is 4. The Morgan fingerprint density at radius 3 is 2.69 bits per heavy atom. The Hall–Kier alpha value is -1.95. The minimum Gasteiger partial charge on any atom is -0.321 e. The molecule has 1 amide bonds. The zero-order valence-electron chi connectivity index (χ0n) is 8.27. The van der Waals surface area contributed by atoms with E-state index >= 15 is 0 Å². The summed E-state index contributed by atoms with van der Waals surface area (Å²) in [6.07, 6.45) is 1.44. The number of nitrogens with zero attached hydrogens (tertiary/aromatic N) is 1. The van der Waals surface area contributed by atoms with Crippen molar-refractivity contribution in [2.45, 2.75) is 0 Å². The fraction of sp³-hybridized carbons (Fsp3) is 0. The third-order valence-electron chi connectivity index (χ3n) is 1.96. The van der Waals surface area contributed by atoms with Crippen molar-refractivity contribution >= 4 is 30.4 Å². The van der Waals surface area contributed by atoms with Gasteiger partial charge in [0, 0.05) is 5.69 Å². The van der Waals surface area contributed by atoms with Gasteiger partial charge in [-0.1, -0.05) is 31.0 Å². The Kier molecular flexibility index (Phi) is 3.11. The number of nitrogens with one attached hydrogen (secondary N) is 3. The molecular formula is C10H10N4OS. The van der Waals surface area contributed by atoms with Crippen molar-refractivity contribution in [3.05, 3.63) is 42.2 Å². The second kappa shape index (κ2) is 4.71. The van der Waals surface area contributed by atoms with Gasteiger partial charge in [-0.25, -0.2) is 4.98 Å². The first-order valence-electron chi connectivity index (χ1n) is 4.61. The number of H-pyrrole nitrogens is 1. The van der Waals surface area contributed by atoms with Gasteiger partial charge < -0.3 is 15.0 Å². The molecule has 2 aromatic rings. The van der Waals surface area contributed by atoms with Crippen LogP contribution < -0.4 is 10.0 Å².